The van der Waals surface area contributed by atoms with Crippen LogP contribution in [0.5, 0.6) is 0 Å². The van der Waals surface area contributed by atoms with Crippen molar-refractivity contribution in [1.29, 1.82) is 0 Å². The van der Waals surface area contributed by atoms with Crippen LogP contribution in [0.15, 0.2) is 54.9 Å². The van der Waals surface area contributed by atoms with Crippen LogP contribution in [0.4, 0.5) is 18.9 Å². The largest absolute Gasteiger partial charge is 0.416 e. The number of halogens is 3. The summed E-state index contributed by atoms with van der Waals surface area (Å²) < 4.78 is 41.8. The number of nitrogens with one attached hydrogen (secondary N) is 1. The molecule has 0 fully saturated rings. The second-order valence-corrected chi connectivity index (χ2v) is 7.09. The van der Waals surface area contributed by atoms with Crippen molar-refractivity contribution in [2.75, 3.05) is 5.32 Å². The summed E-state index contributed by atoms with van der Waals surface area (Å²) in [7, 11) is 0. The summed E-state index contributed by atoms with van der Waals surface area (Å²) in [5, 5.41) is 17.5. The topological polar surface area (TPSA) is 108 Å². The van der Waals surface area contributed by atoms with Crippen molar-refractivity contribution in [3.05, 3.63) is 77.4 Å². The molecule has 33 heavy (non-hydrogen) atoms. The van der Waals surface area contributed by atoms with E-state index in [9.17, 15) is 22.8 Å². The number of hydrogen-bond donors (Lipinski definition) is 1. The highest BCUT2D eigenvalue weighted by Crippen LogP contribution is 2.31. The van der Waals surface area contributed by atoms with Crippen LogP contribution >= 0.6 is 0 Å². The number of ketones is 1. The molecular weight excluding hydrogens is 439 g/mol. The molecule has 0 saturated carbocycles. The van der Waals surface area contributed by atoms with Crippen molar-refractivity contribution in [2.24, 2.45) is 0 Å². The molecule has 0 atom stereocenters. The first-order valence-electron chi connectivity index (χ1n) is 9.58. The molecule has 0 aliphatic carbocycles. The van der Waals surface area contributed by atoms with E-state index >= 15 is 0 Å². The van der Waals surface area contributed by atoms with Gasteiger partial charge in [-0.2, -0.15) is 18.3 Å². The fraction of sp³-hybridized carbons (Fsp3) is 0.143. The number of benzene rings is 2. The molecule has 168 valence electrons. The van der Waals surface area contributed by atoms with Crippen LogP contribution in [0.2, 0.25) is 0 Å². The zero-order chi connectivity index (χ0) is 23.8. The third-order valence-electron chi connectivity index (χ3n) is 4.88. The first-order chi connectivity index (χ1) is 15.6. The van der Waals surface area contributed by atoms with Crippen LogP contribution in [-0.4, -0.2) is 41.7 Å². The number of tetrazole rings is 1. The van der Waals surface area contributed by atoms with Crippen molar-refractivity contribution in [1.82, 2.24) is 30.0 Å². The summed E-state index contributed by atoms with van der Waals surface area (Å²) in [4.78, 5) is 25.4. The van der Waals surface area contributed by atoms with Gasteiger partial charge in [-0.05, 0) is 66.7 Å². The second-order valence-electron chi connectivity index (χ2n) is 7.09. The van der Waals surface area contributed by atoms with Gasteiger partial charge in [0.25, 0.3) is 11.7 Å². The van der Waals surface area contributed by atoms with Crippen LogP contribution in [0.3, 0.4) is 0 Å². The molecule has 1 amide bonds. The van der Waals surface area contributed by atoms with Crippen LogP contribution < -0.4 is 5.32 Å². The Kier molecular flexibility index (Phi) is 5.50. The Morgan fingerprint density at radius 3 is 2.36 bits per heavy atom. The zero-order valence-electron chi connectivity index (χ0n) is 17.3. The fourth-order valence-electron chi connectivity index (χ4n) is 3.32. The number of carbonyl (C=O) groups is 2. The monoisotopic (exact) mass is 455 g/mol. The van der Waals surface area contributed by atoms with Gasteiger partial charge in [0, 0.05) is 5.69 Å². The van der Waals surface area contributed by atoms with E-state index in [0.29, 0.717) is 11.4 Å². The predicted octanol–water partition coefficient (Wildman–Crippen LogP) is 3.31. The molecule has 0 aliphatic heterocycles. The molecule has 4 aromatic rings. The minimum absolute atomic E-state index is 0.0234. The first-order valence-corrected chi connectivity index (χ1v) is 9.58. The Morgan fingerprint density at radius 2 is 1.73 bits per heavy atom. The number of Topliss-reactive ketones (excluding diaryl/α,β-unsaturated/α-hetero) is 1. The lowest BCUT2D eigenvalue weighted by Gasteiger charge is -2.10. The van der Waals surface area contributed by atoms with Crippen molar-refractivity contribution < 1.29 is 22.8 Å². The molecule has 0 radical (unpaired) electrons. The average molecular weight is 455 g/mol. The lowest BCUT2D eigenvalue weighted by molar-refractivity contribution is -0.137. The van der Waals surface area contributed by atoms with Gasteiger partial charge in [0.05, 0.1) is 33.9 Å². The molecule has 9 nitrogen and oxygen atoms in total. The van der Waals surface area contributed by atoms with E-state index in [-0.39, 0.29) is 22.6 Å². The Hall–Kier alpha value is -4.35. The summed E-state index contributed by atoms with van der Waals surface area (Å²) in [5.74, 6) is -1.76. The second kappa shape index (κ2) is 8.30. The van der Waals surface area contributed by atoms with Gasteiger partial charge in [-0.25, -0.2) is 9.36 Å². The van der Waals surface area contributed by atoms with E-state index < -0.39 is 23.4 Å². The summed E-state index contributed by atoms with van der Waals surface area (Å²) >= 11 is 0. The Labute approximate surface area is 184 Å². The molecule has 0 spiro atoms. The molecule has 0 aliphatic rings. The Morgan fingerprint density at radius 1 is 1.00 bits per heavy atom. The van der Waals surface area contributed by atoms with Crippen LogP contribution in [0.25, 0.3) is 11.4 Å². The molecule has 0 unspecified atom stereocenters. The maximum Gasteiger partial charge on any atom is 0.416 e. The molecule has 12 heteroatoms. The highest BCUT2D eigenvalue weighted by atomic mass is 19.4. The van der Waals surface area contributed by atoms with Gasteiger partial charge in [-0.15, -0.1) is 5.10 Å². The van der Waals surface area contributed by atoms with Crippen LogP contribution in [0.1, 0.15) is 27.3 Å². The lowest BCUT2D eigenvalue weighted by atomic mass is 10.1. The van der Waals surface area contributed by atoms with Crippen LogP contribution in [-0.2, 0) is 11.0 Å². The molecule has 2 heterocycles. The molecule has 0 bridgehead atoms. The summed E-state index contributed by atoms with van der Waals surface area (Å²) in [6.45, 7) is 3.03. The van der Waals surface area contributed by atoms with E-state index in [1.807, 2.05) is 0 Å². The number of aryl methyl sites for hydroxylation is 1. The number of rotatable bonds is 5. The number of carbonyl (C=O) groups excluding carboxylic acids is 2. The molecular formula is C21H16F3N7O2. The fourth-order valence-corrected chi connectivity index (χ4v) is 3.32. The van der Waals surface area contributed by atoms with E-state index in [0.717, 1.165) is 12.1 Å². The zero-order valence-corrected chi connectivity index (χ0v) is 17.3. The first kappa shape index (κ1) is 21.9. The van der Waals surface area contributed by atoms with Crippen molar-refractivity contribution in [3.63, 3.8) is 0 Å². The third-order valence-corrected chi connectivity index (χ3v) is 4.88. The summed E-state index contributed by atoms with van der Waals surface area (Å²) in [6, 6.07) is 11.0. The normalized spacial score (nSPS) is 11.4. The number of alkyl halides is 3. The van der Waals surface area contributed by atoms with Gasteiger partial charge in [0.1, 0.15) is 6.33 Å². The molecule has 0 saturated heterocycles. The minimum Gasteiger partial charge on any atom is -0.319 e. The number of amides is 1. The highest BCUT2D eigenvalue weighted by molar-refractivity contribution is 6.47. The van der Waals surface area contributed by atoms with Gasteiger partial charge >= 0.3 is 6.18 Å². The van der Waals surface area contributed by atoms with Gasteiger partial charge < -0.3 is 5.32 Å². The Bertz CT molecular complexity index is 1330. The van der Waals surface area contributed by atoms with Gasteiger partial charge in [-0.3, -0.25) is 9.59 Å². The van der Waals surface area contributed by atoms with Gasteiger partial charge in [-0.1, -0.05) is 6.07 Å². The number of anilines is 1. The molecule has 4 rings (SSSR count). The van der Waals surface area contributed by atoms with E-state index in [1.54, 1.807) is 24.3 Å². The SMILES string of the molecule is Cc1nn(-c2cccc(C(F)(F)F)c2)c(C)c1C(=O)C(=O)Nc1ccc(-n2cnnn2)cc1. The predicted molar refractivity (Wildman–Crippen MR) is 110 cm³/mol. The quantitative estimate of drug-likeness (QED) is 0.366. The lowest BCUT2D eigenvalue weighted by Crippen LogP contribution is -2.24. The van der Waals surface area contributed by atoms with Gasteiger partial charge in [0.2, 0.25) is 0 Å². The average Bonchev–Trinajstić information content (AvgIpc) is 3.41. The number of aromatic nitrogens is 6. The highest BCUT2D eigenvalue weighted by Gasteiger charge is 2.31. The van der Waals surface area contributed by atoms with E-state index in [1.165, 1.54) is 41.7 Å². The third kappa shape index (κ3) is 4.35. The molecule has 2 aromatic heterocycles. The molecule has 2 aromatic carbocycles. The van der Waals surface area contributed by atoms with Crippen molar-refractivity contribution in [2.45, 2.75) is 20.0 Å². The molecule has 1 N–H and O–H groups in total. The maximum absolute atomic E-state index is 13.1. The minimum atomic E-state index is -4.52. The maximum atomic E-state index is 13.1. The standard InChI is InChI=1S/C21H16F3N7O2/c1-12-18(13(2)31(27-12)17-5-3-4-14(10-17)21(22,23)24)19(32)20(33)26-15-6-8-16(9-7-15)30-11-25-28-29-30/h3-11H,1-2H3,(H,26,33). The van der Waals surface area contributed by atoms with Crippen LogP contribution in [0, 0.1) is 13.8 Å². The van der Waals surface area contributed by atoms with Crippen molar-refractivity contribution in [3.8, 4) is 11.4 Å². The smallest absolute Gasteiger partial charge is 0.319 e. The summed E-state index contributed by atoms with van der Waals surface area (Å²) in [5.41, 5.74) is 0.797. The number of nitrogens with zero attached hydrogens (tertiary/aromatic N) is 6. The number of hydrogen-bond acceptors (Lipinski definition) is 6. The van der Waals surface area contributed by atoms with E-state index in [4.69, 9.17) is 0 Å². The van der Waals surface area contributed by atoms with Crippen molar-refractivity contribution >= 4 is 17.4 Å². The van der Waals surface area contributed by atoms with E-state index in [2.05, 4.69) is 25.9 Å². The Balaban J connectivity index is 1.56. The van der Waals surface area contributed by atoms with Gasteiger partial charge in [0.15, 0.2) is 0 Å². The summed E-state index contributed by atoms with van der Waals surface area (Å²) in [6.07, 6.45) is -3.12.